The first-order valence-electron chi connectivity index (χ1n) is 8.74. The van der Waals surface area contributed by atoms with E-state index in [1.807, 2.05) is 24.3 Å². The zero-order valence-electron chi connectivity index (χ0n) is 14.1. The topological polar surface area (TPSA) is 91.3 Å². The van der Waals surface area contributed by atoms with E-state index in [0.717, 1.165) is 36.6 Å². The molecule has 1 aliphatic carbocycles. The Balaban J connectivity index is 1.64. The summed E-state index contributed by atoms with van der Waals surface area (Å²) in [4.78, 5) is 29.0. The van der Waals surface area contributed by atoms with Crippen molar-refractivity contribution < 1.29 is 14.7 Å². The minimum atomic E-state index is -0.958. The SMILES string of the molecule is O=C(N[C@@H](CO)C(=O)NC1CCCCC1)c1cnc2ccccc2c1. The summed E-state index contributed by atoms with van der Waals surface area (Å²) in [6.07, 6.45) is 6.78. The zero-order valence-corrected chi connectivity index (χ0v) is 14.1. The molecule has 1 fully saturated rings. The number of hydrogen-bond donors (Lipinski definition) is 3. The van der Waals surface area contributed by atoms with Gasteiger partial charge < -0.3 is 15.7 Å². The highest BCUT2D eigenvalue weighted by Gasteiger charge is 2.24. The summed E-state index contributed by atoms with van der Waals surface area (Å²) in [7, 11) is 0. The Hall–Kier alpha value is -2.47. The van der Waals surface area contributed by atoms with Gasteiger partial charge in [0.15, 0.2) is 0 Å². The molecule has 0 spiro atoms. The molecule has 0 radical (unpaired) electrons. The van der Waals surface area contributed by atoms with Gasteiger partial charge in [0, 0.05) is 17.6 Å². The number of aliphatic hydroxyl groups is 1. The van der Waals surface area contributed by atoms with Crippen LogP contribution in [-0.2, 0) is 4.79 Å². The second kappa shape index (κ2) is 8.07. The van der Waals surface area contributed by atoms with E-state index in [1.54, 1.807) is 6.07 Å². The molecule has 1 aromatic carbocycles. The number of carbonyl (C=O) groups excluding carboxylic acids is 2. The highest BCUT2D eigenvalue weighted by atomic mass is 16.3. The van der Waals surface area contributed by atoms with E-state index < -0.39 is 18.6 Å². The number of aromatic nitrogens is 1. The van der Waals surface area contributed by atoms with Gasteiger partial charge in [-0.3, -0.25) is 14.6 Å². The number of para-hydroxylation sites is 1. The molecule has 6 heteroatoms. The summed E-state index contributed by atoms with van der Waals surface area (Å²) < 4.78 is 0. The van der Waals surface area contributed by atoms with E-state index in [4.69, 9.17) is 0 Å². The minimum absolute atomic E-state index is 0.134. The second-order valence-electron chi connectivity index (χ2n) is 6.47. The zero-order chi connectivity index (χ0) is 17.6. The normalized spacial score (nSPS) is 16.4. The summed E-state index contributed by atoms with van der Waals surface area (Å²) in [5.74, 6) is -0.757. The molecule has 1 aromatic heterocycles. The third-order valence-corrected chi connectivity index (χ3v) is 4.61. The van der Waals surface area contributed by atoms with Crippen LogP contribution in [0.4, 0.5) is 0 Å². The van der Waals surface area contributed by atoms with Crippen LogP contribution in [0.2, 0.25) is 0 Å². The van der Waals surface area contributed by atoms with Crippen molar-refractivity contribution >= 4 is 22.7 Å². The largest absolute Gasteiger partial charge is 0.394 e. The average Bonchev–Trinajstić information content (AvgIpc) is 2.66. The van der Waals surface area contributed by atoms with Crippen molar-refractivity contribution in [3.8, 4) is 0 Å². The van der Waals surface area contributed by atoms with E-state index in [9.17, 15) is 14.7 Å². The number of fused-ring (bicyclic) bond motifs is 1. The van der Waals surface area contributed by atoms with Crippen LogP contribution in [0.5, 0.6) is 0 Å². The molecular formula is C19H23N3O3. The van der Waals surface area contributed by atoms with Gasteiger partial charge >= 0.3 is 0 Å². The quantitative estimate of drug-likeness (QED) is 0.773. The summed E-state index contributed by atoms with van der Waals surface area (Å²) in [6.45, 7) is -0.439. The molecule has 3 rings (SSSR count). The van der Waals surface area contributed by atoms with Crippen molar-refractivity contribution in [1.82, 2.24) is 15.6 Å². The third kappa shape index (κ3) is 4.33. The van der Waals surface area contributed by atoms with Crippen molar-refractivity contribution in [2.45, 2.75) is 44.2 Å². The molecule has 0 bridgehead atoms. The molecule has 6 nitrogen and oxygen atoms in total. The molecule has 3 N–H and O–H groups in total. The van der Waals surface area contributed by atoms with Gasteiger partial charge in [-0.25, -0.2) is 0 Å². The average molecular weight is 341 g/mol. The molecule has 2 amide bonds. The van der Waals surface area contributed by atoms with Gasteiger partial charge in [0.2, 0.25) is 5.91 Å². The number of aliphatic hydroxyl groups excluding tert-OH is 1. The Kier molecular flexibility index (Phi) is 5.60. The fraction of sp³-hybridized carbons (Fsp3) is 0.421. The molecule has 1 aliphatic rings. The fourth-order valence-electron chi connectivity index (χ4n) is 3.18. The number of hydrogen-bond acceptors (Lipinski definition) is 4. The number of pyridine rings is 1. The summed E-state index contributed by atoms with van der Waals surface area (Å²) >= 11 is 0. The van der Waals surface area contributed by atoms with Crippen LogP contribution in [0.1, 0.15) is 42.5 Å². The number of carbonyl (C=O) groups is 2. The maximum atomic E-state index is 12.4. The van der Waals surface area contributed by atoms with E-state index in [1.165, 1.54) is 12.6 Å². The number of benzene rings is 1. The highest BCUT2D eigenvalue weighted by molar-refractivity contribution is 5.99. The lowest BCUT2D eigenvalue weighted by atomic mass is 9.95. The molecular weight excluding hydrogens is 318 g/mol. The lowest BCUT2D eigenvalue weighted by molar-refractivity contribution is -0.124. The lowest BCUT2D eigenvalue weighted by Gasteiger charge is -2.25. The molecule has 0 unspecified atom stereocenters. The standard InChI is InChI=1S/C19H23N3O3/c23-12-17(19(25)21-15-7-2-1-3-8-15)22-18(24)14-10-13-6-4-5-9-16(13)20-11-14/h4-6,9-11,15,17,23H,1-3,7-8,12H2,(H,21,25)(H,22,24)/t17-/m0/s1. The van der Waals surface area contributed by atoms with E-state index in [2.05, 4.69) is 15.6 Å². The van der Waals surface area contributed by atoms with Crippen LogP contribution in [-0.4, -0.2) is 40.6 Å². The summed E-state index contributed by atoms with van der Waals surface area (Å²) in [5, 5.41) is 15.9. The van der Waals surface area contributed by atoms with E-state index in [0.29, 0.717) is 5.56 Å². The highest BCUT2D eigenvalue weighted by Crippen LogP contribution is 2.17. The van der Waals surface area contributed by atoms with Gasteiger partial charge in [0.05, 0.1) is 17.7 Å². The first kappa shape index (κ1) is 17.4. The summed E-state index contributed by atoms with van der Waals surface area (Å²) in [5.41, 5.74) is 1.16. The van der Waals surface area contributed by atoms with Gasteiger partial charge in [-0.2, -0.15) is 0 Å². The number of rotatable bonds is 5. The molecule has 132 valence electrons. The van der Waals surface area contributed by atoms with Crippen LogP contribution >= 0.6 is 0 Å². The van der Waals surface area contributed by atoms with Crippen LogP contribution in [0.15, 0.2) is 36.5 Å². The van der Waals surface area contributed by atoms with Crippen molar-refractivity contribution in [3.05, 3.63) is 42.1 Å². The minimum Gasteiger partial charge on any atom is -0.394 e. The maximum absolute atomic E-state index is 12.4. The van der Waals surface area contributed by atoms with Crippen molar-refractivity contribution in [2.24, 2.45) is 0 Å². The fourth-order valence-corrected chi connectivity index (χ4v) is 3.18. The summed E-state index contributed by atoms with van der Waals surface area (Å²) in [6, 6.07) is 8.40. The molecule has 0 saturated heterocycles. The monoisotopic (exact) mass is 341 g/mol. The molecule has 2 aromatic rings. The van der Waals surface area contributed by atoms with Crippen molar-refractivity contribution in [3.63, 3.8) is 0 Å². The Labute approximate surface area is 146 Å². The van der Waals surface area contributed by atoms with Crippen LogP contribution in [0, 0.1) is 0 Å². The first-order valence-corrected chi connectivity index (χ1v) is 8.74. The van der Waals surface area contributed by atoms with Gasteiger partial charge in [-0.1, -0.05) is 37.5 Å². The lowest BCUT2D eigenvalue weighted by Crippen LogP contribution is -2.51. The second-order valence-corrected chi connectivity index (χ2v) is 6.47. The molecule has 0 aliphatic heterocycles. The van der Waals surface area contributed by atoms with Crippen LogP contribution in [0.25, 0.3) is 10.9 Å². The smallest absolute Gasteiger partial charge is 0.253 e. The molecule has 1 atom stereocenters. The Morgan fingerprint density at radius 1 is 1.20 bits per heavy atom. The van der Waals surface area contributed by atoms with Gasteiger partial charge in [-0.05, 0) is 25.0 Å². The van der Waals surface area contributed by atoms with Crippen LogP contribution in [0.3, 0.4) is 0 Å². The van der Waals surface area contributed by atoms with Gasteiger partial charge in [-0.15, -0.1) is 0 Å². The van der Waals surface area contributed by atoms with Crippen molar-refractivity contribution in [1.29, 1.82) is 0 Å². The van der Waals surface area contributed by atoms with Crippen molar-refractivity contribution in [2.75, 3.05) is 6.61 Å². The Bertz CT molecular complexity index is 756. The van der Waals surface area contributed by atoms with Gasteiger partial charge in [0.1, 0.15) is 6.04 Å². The Morgan fingerprint density at radius 3 is 2.72 bits per heavy atom. The Morgan fingerprint density at radius 2 is 1.96 bits per heavy atom. The third-order valence-electron chi connectivity index (χ3n) is 4.61. The van der Waals surface area contributed by atoms with E-state index in [-0.39, 0.29) is 11.9 Å². The number of amides is 2. The van der Waals surface area contributed by atoms with E-state index >= 15 is 0 Å². The predicted octanol–water partition coefficient (Wildman–Crippen LogP) is 1.77. The first-order chi connectivity index (χ1) is 12.2. The van der Waals surface area contributed by atoms with Gasteiger partial charge in [0.25, 0.3) is 5.91 Å². The maximum Gasteiger partial charge on any atom is 0.253 e. The number of nitrogens with zero attached hydrogens (tertiary/aromatic N) is 1. The predicted molar refractivity (Wildman–Crippen MR) is 95.1 cm³/mol. The molecule has 1 saturated carbocycles. The number of nitrogens with one attached hydrogen (secondary N) is 2. The molecule has 1 heterocycles. The molecule has 25 heavy (non-hydrogen) atoms. The van der Waals surface area contributed by atoms with Crippen LogP contribution < -0.4 is 10.6 Å².